The summed E-state index contributed by atoms with van der Waals surface area (Å²) >= 11 is 3.48. The Morgan fingerprint density at radius 3 is 2.72 bits per heavy atom. The van der Waals surface area contributed by atoms with Gasteiger partial charge in [-0.15, -0.1) is 0 Å². The van der Waals surface area contributed by atoms with E-state index >= 15 is 0 Å². The van der Waals surface area contributed by atoms with Gasteiger partial charge in [0.1, 0.15) is 0 Å². The Morgan fingerprint density at radius 1 is 1.24 bits per heavy atom. The third kappa shape index (κ3) is 4.48. The number of likely N-dealkylation sites (tertiary alicyclic amines) is 1. The molecule has 2 aromatic carbocycles. The van der Waals surface area contributed by atoms with E-state index in [1.807, 2.05) is 31.2 Å². The summed E-state index contributed by atoms with van der Waals surface area (Å²) in [6.45, 7) is 3.36. The Morgan fingerprint density at radius 2 is 2.00 bits per heavy atom. The van der Waals surface area contributed by atoms with E-state index in [0.717, 1.165) is 28.7 Å². The van der Waals surface area contributed by atoms with Crippen molar-refractivity contribution in [2.45, 2.75) is 25.4 Å². The number of likely N-dealkylation sites (N-methyl/N-ethyl adjacent to an activating group) is 1. The molecule has 1 aliphatic heterocycles. The lowest BCUT2D eigenvalue weighted by Crippen LogP contribution is -2.39. The Hall–Kier alpha value is -1.69. The van der Waals surface area contributed by atoms with Crippen molar-refractivity contribution < 1.29 is 4.79 Å². The van der Waals surface area contributed by atoms with E-state index < -0.39 is 0 Å². The topological polar surface area (TPSA) is 44.4 Å². The average molecular weight is 402 g/mol. The molecule has 1 aliphatic rings. The summed E-state index contributed by atoms with van der Waals surface area (Å²) in [7, 11) is 2.14. The molecule has 0 aromatic heterocycles. The lowest BCUT2D eigenvalue weighted by Gasteiger charge is -2.26. The second kappa shape index (κ2) is 8.13. The minimum absolute atomic E-state index is 0.0110. The van der Waals surface area contributed by atoms with E-state index in [-0.39, 0.29) is 11.9 Å². The van der Waals surface area contributed by atoms with Gasteiger partial charge in [0.15, 0.2) is 0 Å². The quantitative estimate of drug-likeness (QED) is 0.801. The predicted octanol–water partition coefficient (Wildman–Crippen LogP) is 3.73. The third-order valence-electron chi connectivity index (χ3n) is 4.76. The first-order valence-electron chi connectivity index (χ1n) is 8.59. The highest BCUT2D eigenvalue weighted by Gasteiger charge is 2.32. The number of rotatable bonds is 5. The summed E-state index contributed by atoms with van der Waals surface area (Å²) in [6, 6.07) is 16.9. The molecule has 132 valence electrons. The van der Waals surface area contributed by atoms with Crippen molar-refractivity contribution in [2.75, 3.05) is 25.5 Å². The summed E-state index contributed by atoms with van der Waals surface area (Å²) < 4.78 is 1.04. The first-order valence-corrected chi connectivity index (χ1v) is 9.38. The molecule has 1 amide bonds. The number of anilines is 1. The van der Waals surface area contributed by atoms with Gasteiger partial charge < -0.3 is 10.6 Å². The minimum atomic E-state index is -0.0110. The van der Waals surface area contributed by atoms with E-state index in [2.05, 4.69) is 62.8 Å². The molecule has 0 aliphatic carbocycles. The van der Waals surface area contributed by atoms with Gasteiger partial charge in [-0.25, -0.2) is 0 Å². The first kappa shape index (κ1) is 18.1. The van der Waals surface area contributed by atoms with Crippen molar-refractivity contribution in [1.82, 2.24) is 10.2 Å². The molecule has 5 heteroatoms. The summed E-state index contributed by atoms with van der Waals surface area (Å²) in [5.41, 5.74) is 3.23. The smallest absolute Gasteiger partial charge is 0.238 e. The summed E-state index contributed by atoms with van der Waals surface area (Å²) in [6.07, 6.45) is 1.04. The molecule has 2 N–H and O–H groups in total. The third-order valence-corrected chi connectivity index (χ3v) is 5.65. The van der Waals surface area contributed by atoms with Crippen LogP contribution in [0.2, 0.25) is 0 Å². The lowest BCUT2D eigenvalue weighted by atomic mass is 10.0. The van der Waals surface area contributed by atoms with Crippen LogP contribution in [0.4, 0.5) is 5.69 Å². The van der Waals surface area contributed by atoms with Gasteiger partial charge in [0.25, 0.3) is 0 Å². The van der Waals surface area contributed by atoms with E-state index in [0.29, 0.717) is 12.6 Å². The Balaban J connectivity index is 1.58. The van der Waals surface area contributed by atoms with Crippen LogP contribution in [0.15, 0.2) is 53.0 Å². The van der Waals surface area contributed by atoms with Gasteiger partial charge in [-0.3, -0.25) is 9.69 Å². The fourth-order valence-electron chi connectivity index (χ4n) is 3.45. The highest BCUT2D eigenvalue weighted by Crippen LogP contribution is 2.30. The number of hydrogen-bond acceptors (Lipinski definition) is 3. The van der Waals surface area contributed by atoms with Crippen LogP contribution in [0, 0.1) is 6.92 Å². The molecule has 2 atom stereocenters. The lowest BCUT2D eigenvalue weighted by molar-refractivity contribution is -0.115. The van der Waals surface area contributed by atoms with Crippen LogP contribution in [0.5, 0.6) is 0 Å². The van der Waals surface area contributed by atoms with E-state index in [1.165, 1.54) is 5.56 Å². The maximum Gasteiger partial charge on any atom is 0.238 e. The fraction of sp³-hybridized carbons (Fsp3) is 0.350. The number of halogens is 1. The van der Waals surface area contributed by atoms with Gasteiger partial charge in [-0.2, -0.15) is 0 Å². The minimum Gasteiger partial charge on any atom is -0.325 e. The van der Waals surface area contributed by atoms with Crippen molar-refractivity contribution in [2.24, 2.45) is 0 Å². The Kier molecular flexibility index (Phi) is 5.89. The number of carbonyl (C=O) groups is 1. The van der Waals surface area contributed by atoms with Gasteiger partial charge in [0.2, 0.25) is 5.91 Å². The van der Waals surface area contributed by atoms with E-state index in [1.54, 1.807) is 0 Å². The summed E-state index contributed by atoms with van der Waals surface area (Å²) in [5, 5.41) is 6.41. The zero-order chi connectivity index (χ0) is 17.8. The van der Waals surface area contributed by atoms with Crippen LogP contribution in [0.3, 0.4) is 0 Å². The monoisotopic (exact) mass is 401 g/mol. The van der Waals surface area contributed by atoms with E-state index in [9.17, 15) is 4.79 Å². The number of nitrogens with zero attached hydrogens (tertiary/aromatic N) is 1. The molecule has 0 bridgehead atoms. The number of hydrogen-bond donors (Lipinski definition) is 2. The average Bonchev–Trinajstić information content (AvgIpc) is 2.98. The molecule has 0 radical (unpaired) electrons. The normalized spacial score (nSPS) is 20.6. The second-order valence-corrected chi connectivity index (χ2v) is 7.48. The van der Waals surface area contributed by atoms with Crippen LogP contribution in [0.1, 0.15) is 23.6 Å². The van der Waals surface area contributed by atoms with Crippen molar-refractivity contribution in [1.29, 1.82) is 0 Å². The largest absolute Gasteiger partial charge is 0.325 e. The predicted molar refractivity (Wildman–Crippen MR) is 106 cm³/mol. The molecule has 1 saturated heterocycles. The SMILES string of the molecule is Cc1cc(NC(=O)CN[C@@H]2CCN(C)[C@@H]2c2ccccc2)ccc1Br. The molecule has 0 spiro atoms. The molecule has 4 nitrogen and oxygen atoms in total. The summed E-state index contributed by atoms with van der Waals surface area (Å²) in [4.78, 5) is 14.6. The first-order chi connectivity index (χ1) is 12.0. The number of nitrogens with one attached hydrogen (secondary N) is 2. The zero-order valence-corrected chi connectivity index (χ0v) is 16.2. The van der Waals surface area contributed by atoms with Gasteiger partial charge in [0, 0.05) is 28.8 Å². The number of benzene rings is 2. The Bertz CT molecular complexity index is 735. The zero-order valence-electron chi connectivity index (χ0n) is 14.6. The fourth-order valence-corrected chi connectivity index (χ4v) is 3.70. The maximum atomic E-state index is 12.3. The number of aryl methyl sites for hydroxylation is 1. The highest BCUT2D eigenvalue weighted by atomic mass is 79.9. The van der Waals surface area contributed by atoms with Gasteiger partial charge in [0.05, 0.1) is 6.54 Å². The molecular weight excluding hydrogens is 378 g/mol. The number of amides is 1. The van der Waals surface area contributed by atoms with Crippen molar-refractivity contribution in [3.63, 3.8) is 0 Å². The van der Waals surface area contributed by atoms with Crippen molar-refractivity contribution in [3.8, 4) is 0 Å². The van der Waals surface area contributed by atoms with Crippen LogP contribution < -0.4 is 10.6 Å². The number of carbonyl (C=O) groups excluding carboxylic acids is 1. The van der Waals surface area contributed by atoms with Gasteiger partial charge in [-0.05, 0) is 49.7 Å². The second-order valence-electron chi connectivity index (χ2n) is 6.62. The maximum absolute atomic E-state index is 12.3. The van der Waals surface area contributed by atoms with Crippen LogP contribution in [-0.2, 0) is 4.79 Å². The van der Waals surface area contributed by atoms with Crippen LogP contribution in [-0.4, -0.2) is 37.0 Å². The molecule has 0 unspecified atom stereocenters. The van der Waals surface area contributed by atoms with Crippen LogP contribution >= 0.6 is 15.9 Å². The van der Waals surface area contributed by atoms with Crippen molar-refractivity contribution in [3.05, 3.63) is 64.1 Å². The molecule has 1 heterocycles. The van der Waals surface area contributed by atoms with Gasteiger partial charge in [-0.1, -0.05) is 46.3 Å². The van der Waals surface area contributed by atoms with Gasteiger partial charge >= 0.3 is 0 Å². The summed E-state index contributed by atoms with van der Waals surface area (Å²) in [5.74, 6) is -0.0110. The van der Waals surface area contributed by atoms with Crippen molar-refractivity contribution >= 4 is 27.5 Å². The molecule has 1 fully saturated rings. The molecule has 2 aromatic rings. The Labute approximate surface area is 157 Å². The standard InChI is InChI=1S/C20H24BrN3O/c1-14-12-16(8-9-17(14)21)23-19(25)13-22-18-10-11-24(2)20(18)15-6-4-3-5-7-15/h3-9,12,18,20,22H,10-11,13H2,1-2H3,(H,23,25)/t18-,20-/m1/s1. The van der Waals surface area contributed by atoms with Crippen LogP contribution in [0.25, 0.3) is 0 Å². The molecule has 0 saturated carbocycles. The highest BCUT2D eigenvalue weighted by molar-refractivity contribution is 9.10. The van der Waals surface area contributed by atoms with E-state index in [4.69, 9.17) is 0 Å². The molecular formula is C20H24BrN3O. The molecule has 3 rings (SSSR count). The molecule has 25 heavy (non-hydrogen) atoms.